The topological polar surface area (TPSA) is 710 Å². The number of ether oxygens (including phenoxy) is 6. The van der Waals surface area contributed by atoms with Gasteiger partial charge in [0.1, 0.15) is 62.5 Å². The molecule has 0 bridgehead atoms. The average molecular weight is 1550 g/mol. The number of aliphatic hydroxyl groups excluding tert-OH is 3. The van der Waals surface area contributed by atoms with E-state index in [4.69, 9.17) is 54.3 Å². The number of aliphatic hydroxyl groups is 3. The summed E-state index contributed by atoms with van der Waals surface area (Å²) in [5, 5.41) is 126. The maximum absolute atomic E-state index is 11.6. The van der Waals surface area contributed by atoms with Crippen LogP contribution in [0.5, 0.6) is 23.0 Å². The summed E-state index contributed by atoms with van der Waals surface area (Å²) in [6.07, 6.45) is -6.14. The van der Waals surface area contributed by atoms with E-state index in [2.05, 4.69) is 34.2 Å². The number of aryl methyl sites for hydroxylation is 2. The molecule has 5 amide bonds. The number of nitrogens with one attached hydrogen (secondary N) is 5. The fourth-order valence-corrected chi connectivity index (χ4v) is 7.19. The van der Waals surface area contributed by atoms with Crippen molar-refractivity contribution in [1.82, 2.24) is 26.6 Å². The van der Waals surface area contributed by atoms with Crippen molar-refractivity contribution in [2.75, 3.05) is 65.9 Å². The fourth-order valence-electron chi connectivity index (χ4n) is 7.19. The van der Waals surface area contributed by atoms with Gasteiger partial charge in [-0.1, -0.05) is 48.5 Å². The summed E-state index contributed by atoms with van der Waals surface area (Å²) in [7, 11) is 0. The molecule has 49 nitrogen and oxygen atoms in total. The van der Waals surface area contributed by atoms with Crippen molar-refractivity contribution in [2.45, 2.75) is 95.7 Å². The second-order valence-corrected chi connectivity index (χ2v) is 20.5. The Morgan fingerprint density at radius 2 is 0.667 bits per heavy atom. The lowest BCUT2D eigenvalue weighted by Gasteiger charge is -2.16. The van der Waals surface area contributed by atoms with Crippen molar-refractivity contribution >= 4 is 60.3 Å². The van der Waals surface area contributed by atoms with E-state index in [0.29, 0.717) is 37.7 Å². The first-order valence-corrected chi connectivity index (χ1v) is 30.6. The van der Waals surface area contributed by atoms with Crippen LogP contribution in [-0.2, 0) is 83.3 Å². The van der Waals surface area contributed by atoms with Gasteiger partial charge in [0.25, 0.3) is 25.4 Å². The van der Waals surface area contributed by atoms with Crippen LogP contribution in [0.4, 0.5) is 24.0 Å². The molecule has 6 unspecified atom stereocenters. The predicted molar refractivity (Wildman–Crippen MR) is 351 cm³/mol. The molecule has 4 aromatic carbocycles. The molecule has 596 valence electrons. The minimum absolute atomic E-state index is 0.0103. The molecule has 0 saturated carbocycles. The lowest BCUT2D eigenvalue weighted by Crippen LogP contribution is -2.48. The summed E-state index contributed by atoms with van der Waals surface area (Å²) in [6, 6.07) is 20.8. The number of carboxylic acid groups (broad SMARTS) is 5. The summed E-state index contributed by atoms with van der Waals surface area (Å²) in [6.45, 7) is 1.82. The Bertz CT molecular complexity index is 3530. The standard InChI is InChI=1S/C14H18N2O8.C13H16N2O8.C12H14N2O7.C11H12N2O7.C9H16N2O9/c1-9(17)12(13(18)19)15-14(20)24-11-6-4-10(5-7-11)3-2-8-23-16(21)22;1-8(16)11(12(17)18)14-13(19)23-10-4-2-9(3-5-10)6-7-22-15(20)21;15-11(16)8-13-12(17)21-10-5-1-3-9(7-10)4-2-6-20-14(18)19;14-10(15)7-12-11(16)20-9-3-1-2-8(6-9)4-5-19-13(17)18;1-6(12)7(8(13)14)10-9(15)19-4-2-18-3-5-20-11(16)17/h4-7,9,12,17H,2-3,8H2,1H3,(H,15,20)(H,18,19);2-5,8,11,16H,6-7H2,1H3,(H,14,19)(H,17,18);1,3,5,7H,2,4,6,8H2,(H,13,17)(H,15,16);1-3,6H,4-5,7H2,(H,12,16)(H,14,15);6-7,12H,2-5H2,1H3,(H,10,15)(H,13,14). The molecule has 0 spiro atoms. The molecule has 0 aliphatic heterocycles. The summed E-state index contributed by atoms with van der Waals surface area (Å²) in [5.74, 6) is -5.74. The molecule has 108 heavy (non-hydrogen) atoms. The van der Waals surface area contributed by atoms with E-state index in [-0.39, 0.29) is 82.3 Å². The molecule has 0 aromatic heterocycles. The number of nitrogens with zero attached hydrogens (tertiary/aromatic N) is 5. The number of carbonyl (C=O) groups excluding carboxylic acids is 5. The number of carboxylic acids is 5. The van der Waals surface area contributed by atoms with Crippen LogP contribution < -0.4 is 45.5 Å². The van der Waals surface area contributed by atoms with E-state index < -0.39 is 135 Å². The molecule has 0 aliphatic carbocycles. The second kappa shape index (κ2) is 54.1. The van der Waals surface area contributed by atoms with Crippen molar-refractivity contribution in [3.63, 3.8) is 0 Å². The maximum atomic E-state index is 11.6. The van der Waals surface area contributed by atoms with Crippen molar-refractivity contribution in [2.24, 2.45) is 0 Å². The molecule has 0 fully saturated rings. The minimum Gasteiger partial charge on any atom is -0.480 e. The summed E-state index contributed by atoms with van der Waals surface area (Å²) in [4.78, 5) is 180. The van der Waals surface area contributed by atoms with E-state index in [1.165, 1.54) is 63.2 Å². The summed E-state index contributed by atoms with van der Waals surface area (Å²) < 4.78 is 29.0. The van der Waals surface area contributed by atoms with Crippen LogP contribution in [0.1, 0.15) is 55.9 Å². The zero-order valence-corrected chi connectivity index (χ0v) is 57.0. The number of benzene rings is 4. The van der Waals surface area contributed by atoms with E-state index in [9.17, 15) is 109 Å². The molecule has 4 aromatic rings. The van der Waals surface area contributed by atoms with Gasteiger partial charge in [0.05, 0.1) is 44.7 Å². The van der Waals surface area contributed by atoms with Crippen molar-refractivity contribution < 1.29 is 167 Å². The molecule has 0 aliphatic rings. The number of alkyl carbamates (subject to hydrolysis) is 1. The first-order valence-electron chi connectivity index (χ1n) is 30.6. The van der Waals surface area contributed by atoms with Gasteiger partial charge in [0.2, 0.25) is 0 Å². The van der Waals surface area contributed by atoms with Crippen LogP contribution in [-0.4, -0.2) is 229 Å². The highest BCUT2D eigenvalue weighted by atomic mass is 17.0. The average Bonchev–Trinajstić information content (AvgIpc) is 0.878. The van der Waals surface area contributed by atoms with Crippen molar-refractivity contribution in [3.05, 3.63) is 170 Å². The van der Waals surface area contributed by atoms with Crippen LogP contribution in [0.2, 0.25) is 0 Å². The van der Waals surface area contributed by atoms with Crippen molar-refractivity contribution in [1.29, 1.82) is 0 Å². The van der Waals surface area contributed by atoms with Gasteiger partial charge in [-0.15, -0.1) is 50.6 Å². The van der Waals surface area contributed by atoms with E-state index in [1.54, 1.807) is 54.6 Å². The van der Waals surface area contributed by atoms with Crippen LogP contribution in [0.25, 0.3) is 0 Å². The zero-order chi connectivity index (χ0) is 81.7. The number of hydrogen-bond donors (Lipinski definition) is 13. The molecular formula is C59H76N10O39. The van der Waals surface area contributed by atoms with Crippen LogP contribution in [0, 0.1) is 50.6 Å². The zero-order valence-electron chi connectivity index (χ0n) is 57.0. The molecule has 13 N–H and O–H groups in total. The summed E-state index contributed by atoms with van der Waals surface area (Å²) >= 11 is 0. The molecule has 49 heteroatoms. The Labute approximate surface area is 606 Å². The Kier molecular flexibility index (Phi) is 47.3. The van der Waals surface area contributed by atoms with Gasteiger partial charge in [0.15, 0.2) is 18.1 Å². The Morgan fingerprint density at radius 1 is 0.361 bits per heavy atom. The number of aliphatic carboxylic acids is 5. The summed E-state index contributed by atoms with van der Waals surface area (Å²) in [5.41, 5.74) is 3.08. The third-order valence-electron chi connectivity index (χ3n) is 12.0. The van der Waals surface area contributed by atoms with E-state index in [1.807, 2.05) is 21.3 Å². The predicted octanol–water partition coefficient (Wildman–Crippen LogP) is 1.49. The third-order valence-corrected chi connectivity index (χ3v) is 12.0. The van der Waals surface area contributed by atoms with Gasteiger partial charge in [-0.05, 0) is 130 Å². The quantitative estimate of drug-likeness (QED) is 0.0170. The second-order valence-electron chi connectivity index (χ2n) is 20.5. The fraction of sp³-hybridized carbons (Fsp3) is 0.424. The largest absolute Gasteiger partial charge is 0.480 e. The molecule has 4 rings (SSSR count). The molecular weight excluding hydrogens is 1470 g/mol. The normalized spacial score (nSPS) is 11.6. The van der Waals surface area contributed by atoms with Gasteiger partial charge in [-0.25, -0.2) is 38.4 Å². The lowest BCUT2D eigenvalue weighted by molar-refractivity contribution is -0.758. The van der Waals surface area contributed by atoms with Crippen LogP contribution in [0.15, 0.2) is 97.1 Å². The SMILES string of the molecule is CC(O)C(NC(=O)OCCOCCO[N+](=O)[O-])C(=O)O.CC(O)C(NC(=O)Oc1ccc(CCCO[N+](=O)[O-])cc1)C(=O)O.CC(O)C(NC(=O)Oc1ccc(CCO[N+](=O)[O-])cc1)C(=O)O.O=C(O)CNC(=O)Oc1cccc(CCCO[N+](=O)[O-])c1.O=C(O)CNC(=O)Oc1cccc(CCO[N+](=O)[O-])c1. The Morgan fingerprint density at radius 3 is 1.02 bits per heavy atom. The highest BCUT2D eigenvalue weighted by Gasteiger charge is 2.28. The van der Waals surface area contributed by atoms with Gasteiger partial charge in [-0.2, -0.15) is 0 Å². The van der Waals surface area contributed by atoms with Crippen LogP contribution >= 0.6 is 0 Å². The number of rotatable bonds is 42. The van der Waals surface area contributed by atoms with Crippen molar-refractivity contribution in [3.8, 4) is 23.0 Å². The maximum Gasteiger partial charge on any atom is 0.413 e. The van der Waals surface area contributed by atoms with Gasteiger partial charge >= 0.3 is 60.3 Å². The first kappa shape index (κ1) is 94.4. The Hall–Kier alpha value is -13.6. The highest BCUT2D eigenvalue weighted by Crippen LogP contribution is 2.18. The number of carbonyl (C=O) groups is 10. The van der Waals surface area contributed by atoms with Gasteiger partial charge < -0.3 is 120 Å². The molecule has 6 atom stereocenters. The van der Waals surface area contributed by atoms with Gasteiger partial charge in [0, 0.05) is 0 Å². The van der Waals surface area contributed by atoms with E-state index in [0.717, 1.165) is 16.7 Å². The minimum atomic E-state index is -1.49. The van der Waals surface area contributed by atoms with Crippen LogP contribution in [0.3, 0.4) is 0 Å². The first-order chi connectivity index (χ1) is 50.9. The smallest absolute Gasteiger partial charge is 0.413 e. The van der Waals surface area contributed by atoms with E-state index >= 15 is 0 Å². The number of amides is 5. The monoisotopic (exact) mass is 1550 g/mol. The highest BCUT2D eigenvalue weighted by molar-refractivity contribution is 5.83. The third kappa shape index (κ3) is 49.9. The van der Waals surface area contributed by atoms with Gasteiger partial charge in [-0.3, -0.25) is 9.59 Å². The molecule has 0 radical (unpaired) electrons. The Balaban J connectivity index is 0.00000133. The molecule has 0 heterocycles. The molecule has 0 saturated heterocycles. The number of hydrogen-bond acceptors (Lipinski definition) is 34. The lowest BCUT2D eigenvalue weighted by atomic mass is 10.1.